The van der Waals surface area contributed by atoms with Gasteiger partial charge in [-0.3, -0.25) is 0 Å². The number of nitrogens with one attached hydrogen (secondary N) is 1. The molecule has 2 unspecified atom stereocenters. The lowest BCUT2D eigenvalue weighted by atomic mass is 9.43. The summed E-state index contributed by atoms with van der Waals surface area (Å²) in [7, 11) is 0. The number of hydrogen-bond acceptors (Lipinski definition) is 2. The van der Waals surface area contributed by atoms with Gasteiger partial charge in [0.05, 0.1) is 5.02 Å². The van der Waals surface area contributed by atoms with Crippen LogP contribution in [-0.4, -0.2) is 5.54 Å². The number of benzene rings is 2. The van der Waals surface area contributed by atoms with Crippen molar-refractivity contribution in [3.63, 3.8) is 0 Å². The van der Waals surface area contributed by atoms with Crippen LogP contribution in [0.5, 0.6) is 5.75 Å². The fourth-order valence-corrected chi connectivity index (χ4v) is 8.18. The van der Waals surface area contributed by atoms with Gasteiger partial charge in [-0.2, -0.15) is 0 Å². The first-order valence-corrected chi connectivity index (χ1v) is 12.4. The summed E-state index contributed by atoms with van der Waals surface area (Å²) in [6.07, 6.45) is 8.03. The average Bonchev–Trinajstić information content (AvgIpc) is 2.64. The minimum absolute atomic E-state index is 0.239. The van der Waals surface area contributed by atoms with Gasteiger partial charge < -0.3 is 10.1 Å². The van der Waals surface area contributed by atoms with Crippen LogP contribution in [0.3, 0.4) is 0 Å². The highest BCUT2D eigenvalue weighted by Crippen LogP contribution is 2.66. The fraction of sp³-hybridized carbons (Fsp3) is 0.538. The van der Waals surface area contributed by atoms with Crippen LogP contribution in [0.15, 0.2) is 40.9 Å². The molecule has 4 aliphatic carbocycles. The molecule has 6 rings (SSSR count). The number of hydrogen-bond donors (Lipinski definition) is 1. The molecule has 4 aliphatic rings. The van der Waals surface area contributed by atoms with E-state index in [1.54, 1.807) is 6.07 Å². The van der Waals surface area contributed by atoms with E-state index >= 15 is 0 Å². The summed E-state index contributed by atoms with van der Waals surface area (Å²) in [5, 5.41) is 4.40. The summed E-state index contributed by atoms with van der Waals surface area (Å²) in [4.78, 5) is 0. The molecule has 4 bridgehead atoms. The summed E-state index contributed by atoms with van der Waals surface area (Å²) in [5.74, 6) is 1.37. The maximum atomic E-state index is 13.3. The van der Waals surface area contributed by atoms with Gasteiger partial charge in [0.25, 0.3) is 0 Å². The average molecular weight is 507 g/mol. The molecular weight excluding hydrogens is 477 g/mol. The summed E-state index contributed by atoms with van der Waals surface area (Å²) in [5.41, 5.74) is 3.13. The molecule has 4 saturated carbocycles. The van der Waals surface area contributed by atoms with Crippen molar-refractivity contribution in [1.82, 2.24) is 5.32 Å². The van der Waals surface area contributed by atoms with Crippen molar-refractivity contribution >= 4 is 27.5 Å². The van der Waals surface area contributed by atoms with Crippen molar-refractivity contribution in [3.05, 3.63) is 62.8 Å². The molecule has 2 aromatic carbocycles. The Bertz CT molecular complexity index is 993. The highest BCUT2D eigenvalue weighted by Gasteiger charge is 2.59. The zero-order valence-corrected chi connectivity index (χ0v) is 20.6. The third kappa shape index (κ3) is 4.41. The lowest BCUT2D eigenvalue weighted by molar-refractivity contribution is -0.118. The van der Waals surface area contributed by atoms with Gasteiger partial charge in [0.1, 0.15) is 18.2 Å². The Morgan fingerprint density at radius 2 is 1.77 bits per heavy atom. The van der Waals surface area contributed by atoms with E-state index in [2.05, 4.69) is 41.2 Å². The third-order valence-corrected chi connectivity index (χ3v) is 8.55. The zero-order chi connectivity index (χ0) is 21.9. The molecule has 0 radical (unpaired) electrons. The van der Waals surface area contributed by atoms with Crippen molar-refractivity contribution in [3.8, 4) is 5.75 Å². The van der Waals surface area contributed by atoms with Crippen LogP contribution in [0.4, 0.5) is 4.39 Å². The molecule has 2 aromatic rings. The predicted molar refractivity (Wildman–Crippen MR) is 127 cm³/mol. The van der Waals surface area contributed by atoms with Crippen LogP contribution in [0, 0.1) is 22.6 Å². The molecule has 0 aromatic heterocycles. The molecular formula is C26H30BrClFNO. The third-order valence-electron chi connectivity index (χ3n) is 7.70. The lowest BCUT2D eigenvalue weighted by Gasteiger charge is -2.65. The Hall–Kier alpha value is -1.10. The minimum Gasteiger partial charge on any atom is -0.489 e. The maximum Gasteiger partial charge on any atom is 0.124 e. The maximum absolute atomic E-state index is 13.3. The summed E-state index contributed by atoms with van der Waals surface area (Å²) >= 11 is 9.80. The molecule has 2 nitrogen and oxygen atoms in total. The first-order valence-electron chi connectivity index (χ1n) is 11.3. The van der Waals surface area contributed by atoms with Crippen LogP contribution >= 0.6 is 27.5 Å². The molecule has 166 valence electrons. The Morgan fingerprint density at radius 1 is 1.03 bits per heavy atom. The van der Waals surface area contributed by atoms with Crippen molar-refractivity contribution in [1.29, 1.82) is 0 Å². The van der Waals surface area contributed by atoms with E-state index in [0.29, 0.717) is 22.5 Å². The van der Waals surface area contributed by atoms with E-state index in [4.69, 9.17) is 16.3 Å². The van der Waals surface area contributed by atoms with Gasteiger partial charge in [-0.1, -0.05) is 47.4 Å². The van der Waals surface area contributed by atoms with Crippen molar-refractivity contribution in [2.24, 2.45) is 16.7 Å². The molecule has 0 spiro atoms. The molecule has 1 N–H and O–H groups in total. The van der Waals surface area contributed by atoms with Gasteiger partial charge in [0.2, 0.25) is 0 Å². The molecule has 0 heterocycles. The Balaban J connectivity index is 1.32. The second-order valence-corrected chi connectivity index (χ2v) is 12.4. The summed E-state index contributed by atoms with van der Waals surface area (Å²) < 4.78 is 20.5. The normalized spacial score (nSPS) is 33.6. The lowest BCUT2D eigenvalue weighted by Crippen LogP contribution is -2.63. The number of ether oxygens (including phenoxy) is 1. The first-order chi connectivity index (χ1) is 14.6. The predicted octanol–water partition coefficient (Wildman–Crippen LogP) is 7.66. The van der Waals surface area contributed by atoms with E-state index in [0.717, 1.165) is 33.8 Å². The van der Waals surface area contributed by atoms with Gasteiger partial charge in [0.15, 0.2) is 0 Å². The fourth-order valence-electron chi connectivity index (χ4n) is 7.55. The van der Waals surface area contributed by atoms with Gasteiger partial charge in [-0.05, 0) is 85.6 Å². The van der Waals surface area contributed by atoms with Crippen LogP contribution in [0.2, 0.25) is 5.02 Å². The van der Waals surface area contributed by atoms with Gasteiger partial charge in [0, 0.05) is 27.7 Å². The Morgan fingerprint density at radius 3 is 2.45 bits per heavy atom. The van der Waals surface area contributed by atoms with Crippen LogP contribution in [0.1, 0.15) is 63.5 Å². The van der Waals surface area contributed by atoms with Crippen molar-refractivity contribution < 1.29 is 9.13 Å². The van der Waals surface area contributed by atoms with Crippen molar-refractivity contribution in [2.75, 3.05) is 0 Å². The molecule has 4 fully saturated rings. The van der Waals surface area contributed by atoms with Gasteiger partial charge in [-0.25, -0.2) is 4.39 Å². The molecule has 0 aliphatic heterocycles. The first kappa shape index (κ1) is 21.7. The summed E-state index contributed by atoms with van der Waals surface area (Å²) in [6, 6.07) is 10.6. The second-order valence-electron chi connectivity index (χ2n) is 11.0. The van der Waals surface area contributed by atoms with E-state index < -0.39 is 0 Å². The van der Waals surface area contributed by atoms with E-state index in [1.165, 1.54) is 50.7 Å². The highest BCUT2D eigenvalue weighted by atomic mass is 79.9. The molecule has 5 heteroatoms. The van der Waals surface area contributed by atoms with Crippen LogP contribution < -0.4 is 10.1 Å². The SMILES string of the molecule is CC12CC3CC(C)(C1)CC(NCc1cc(Br)ccc1OCc1ccc(F)cc1Cl)(C3)C2. The second kappa shape index (κ2) is 7.74. The van der Waals surface area contributed by atoms with Crippen LogP contribution in [-0.2, 0) is 13.2 Å². The highest BCUT2D eigenvalue weighted by molar-refractivity contribution is 9.10. The number of rotatable bonds is 6. The minimum atomic E-state index is -0.333. The largest absolute Gasteiger partial charge is 0.489 e. The molecule has 0 saturated heterocycles. The quantitative estimate of drug-likeness (QED) is 0.434. The summed E-state index contributed by atoms with van der Waals surface area (Å²) in [6.45, 7) is 6.11. The smallest absolute Gasteiger partial charge is 0.124 e. The monoisotopic (exact) mass is 505 g/mol. The molecule has 0 amide bonds. The Kier molecular flexibility index (Phi) is 5.43. The van der Waals surface area contributed by atoms with Crippen molar-refractivity contribution in [2.45, 2.75) is 71.1 Å². The standard InChI is InChI=1S/C26H30BrClFNO/c1-24-9-17-10-25(2,14-24)16-26(11-17,15-24)30-12-19-7-20(27)4-6-23(19)31-13-18-3-5-21(29)8-22(18)28/h3-8,17,30H,9-16H2,1-2H3. The van der Waals surface area contributed by atoms with E-state index in [-0.39, 0.29) is 11.4 Å². The topological polar surface area (TPSA) is 21.3 Å². The molecule has 2 atom stereocenters. The van der Waals surface area contributed by atoms with Crippen LogP contribution in [0.25, 0.3) is 0 Å². The van der Waals surface area contributed by atoms with E-state index in [1.807, 2.05) is 12.1 Å². The van der Waals surface area contributed by atoms with Gasteiger partial charge in [-0.15, -0.1) is 0 Å². The zero-order valence-electron chi connectivity index (χ0n) is 18.2. The van der Waals surface area contributed by atoms with E-state index in [9.17, 15) is 4.39 Å². The molecule has 31 heavy (non-hydrogen) atoms. The Labute approximate surface area is 198 Å². The van der Waals surface area contributed by atoms with Gasteiger partial charge >= 0.3 is 0 Å². The number of halogens is 3.